The summed E-state index contributed by atoms with van der Waals surface area (Å²) in [5, 5.41) is 2.99. The first-order chi connectivity index (χ1) is 13.5. The highest BCUT2D eigenvalue weighted by molar-refractivity contribution is 6.31. The van der Waals surface area contributed by atoms with Crippen molar-refractivity contribution in [3.8, 4) is 0 Å². The van der Waals surface area contributed by atoms with Crippen LogP contribution in [0.1, 0.15) is 31.4 Å². The monoisotopic (exact) mass is 404 g/mol. The van der Waals surface area contributed by atoms with Crippen molar-refractivity contribution in [1.29, 1.82) is 0 Å². The molecule has 2 aromatic carbocycles. The molecule has 0 saturated heterocycles. The number of nitrogens with zero attached hydrogens (tertiary/aromatic N) is 1. The van der Waals surface area contributed by atoms with Gasteiger partial charge in [0.25, 0.3) is 0 Å². The number of nitrogens with one attached hydrogen (secondary N) is 1. The average molecular weight is 405 g/mol. The normalized spacial score (nSPS) is 11.7. The number of likely N-dealkylation sites (N-methyl/N-ethyl adjacent to an activating group) is 1. The fraction of sp³-hybridized carbons (Fsp3) is 0.364. The molecule has 1 atom stereocenters. The van der Waals surface area contributed by atoms with E-state index in [9.17, 15) is 14.0 Å². The number of carbonyl (C=O) groups is 2. The molecule has 4 nitrogen and oxygen atoms in total. The van der Waals surface area contributed by atoms with Gasteiger partial charge < -0.3 is 10.2 Å². The van der Waals surface area contributed by atoms with Crippen molar-refractivity contribution in [2.45, 2.75) is 39.2 Å². The molecule has 0 fully saturated rings. The maximum Gasteiger partial charge on any atom is 0.242 e. The van der Waals surface area contributed by atoms with E-state index in [2.05, 4.69) is 5.32 Å². The number of hydrogen-bond acceptors (Lipinski definition) is 2. The smallest absolute Gasteiger partial charge is 0.242 e. The molecule has 0 heterocycles. The van der Waals surface area contributed by atoms with Gasteiger partial charge in [0, 0.05) is 23.7 Å². The number of amides is 2. The number of halogens is 2. The maximum absolute atomic E-state index is 14.2. The summed E-state index contributed by atoms with van der Waals surface area (Å²) in [6.45, 7) is 4.54. The molecule has 1 N–H and O–H groups in total. The summed E-state index contributed by atoms with van der Waals surface area (Å²) >= 11 is 6.09. The minimum atomic E-state index is -0.610. The molecule has 0 saturated carbocycles. The SMILES string of the molecule is CCNC(=O)[C@H](CC)N(CCc1ccccc1)C(=O)Cc1c(F)cccc1Cl. The van der Waals surface area contributed by atoms with Gasteiger partial charge in [-0.1, -0.05) is 54.9 Å². The zero-order valence-corrected chi connectivity index (χ0v) is 17.0. The molecular weight excluding hydrogens is 379 g/mol. The minimum Gasteiger partial charge on any atom is -0.355 e. The van der Waals surface area contributed by atoms with Gasteiger partial charge in [-0.2, -0.15) is 0 Å². The van der Waals surface area contributed by atoms with Crippen LogP contribution < -0.4 is 5.32 Å². The van der Waals surface area contributed by atoms with Crippen LogP contribution >= 0.6 is 11.6 Å². The van der Waals surface area contributed by atoms with Gasteiger partial charge in [-0.05, 0) is 37.5 Å². The Hall–Kier alpha value is -2.40. The highest BCUT2D eigenvalue weighted by atomic mass is 35.5. The van der Waals surface area contributed by atoms with Crippen molar-refractivity contribution >= 4 is 23.4 Å². The van der Waals surface area contributed by atoms with Crippen molar-refractivity contribution in [3.05, 3.63) is 70.5 Å². The van der Waals surface area contributed by atoms with E-state index in [-0.39, 0.29) is 28.8 Å². The van der Waals surface area contributed by atoms with Crippen LogP contribution in [0.15, 0.2) is 48.5 Å². The third-order valence-corrected chi connectivity index (χ3v) is 4.96. The Balaban J connectivity index is 2.24. The predicted octanol–water partition coefficient (Wildman–Crippen LogP) is 4.01. The second kappa shape index (κ2) is 10.8. The second-order valence-electron chi connectivity index (χ2n) is 6.52. The van der Waals surface area contributed by atoms with Crippen molar-refractivity contribution in [3.63, 3.8) is 0 Å². The standard InChI is InChI=1S/C22H26ClFN2O2/c1-3-20(22(28)25-4-2)26(14-13-16-9-6-5-7-10-16)21(27)15-17-18(23)11-8-12-19(17)24/h5-12,20H,3-4,13-15H2,1-2H3,(H,25,28)/t20-/m0/s1. The van der Waals surface area contributed by atoms with Gasteiger partial charge in [-0.15, -0.1) is 0 Å². The minimum absolute atomic E-state index is 0.157. The first-order valence-corrected chi connectivity index (χ1v) is 9.89. The molecule has 28 heavy (non-hydrogen) atoms. The molecule has 0 unspecified atom stereocenters. The summed E-state index contributed by atoms with van der Waals surface area (Å²) in [6, 6.07) is 13.5. The van der Waals surface area contributed by atoms with Gasteiger partial charge in [0.05, 0.1) is 6.42 Å². The first kappa shape index (κ1) is 21.9. The molecule has 0 radical (unpaired) electrons. The molecule has 2 rings (SSSR count). The van der Waals surface area contributed by atoms with Crippen molar-refractivity contribution in [2.75, 3.05) is 13.1 Å². The third kappa shape index (κ3) is 5.80. The Kier molecular flexibility index (Phi) is 8.45. The molecule has 0 spiro atoms. The van der Waals surface area contributed by atoms with Crippen molar-refractivity contribution in [1.82, 2.24) is 10.2 Å². The summed E-state index contributed by atoms with van der Waals surface area (Å²) in [4.78, 5) is 27.1. The van der Waals surface area contributed by atoms with E-state index < -0.39 is 11.9 Å². The summed E-state index contributed by atoms with van der Waals surface area (Å²) in [5.41, 5.74) is 1.22. The van der Waals surface area contributed by atoms with Gasteiger partial charge in [0.2, 0.25) is 11.8 Å². The van der Waals surface area contributed by atoms with E-state index in [0.29, 0.717) is 25.9 Å². The van der Waals surface area contributed by atoms with Crippen molar-refractivity contribution in [2.24, 2.45) is 0 Å². The molecule has 0 aliphatic heterocycles. The van der Waals surface area contributed by atoms with Crippen LogP contribution in [0.25, 0.3) is 0 Å². The van der Waals surface area contributed by atoms with Crippen LogP contribution in [0.4, 0.5) is 4.39 Å². The molecule has 150 valence electrons. The maximum atomic E-state index is 14.2. The number of rotatable bonds is 9. The highest BCUT2D eigenvalue weighted by Gasteiger charge is 2.28. The zero-order valence-electron chi connectivity index (χ0n) is 16.3. The second-order valence-corrected chi connectivity index (χ2v) is 6.93. The predicted molar refractivity (Wildman–Crippen MR) is 110 cm³/mol. The van der Waals surface area contributed by atoms with Crippen LogP contribution in [0, 0.1) is 5.82 Å². The van der Waals surface area contributed by atoms with E-state index >= 15 is 0 Å². The molecule has 2 amide bonds. The summed E-state index contributed by atoms with van der Waals surface area (Å²) in [7, 11) is 0. The topological polar surface area (TPSA) is 49.4 Å². The lowest BCUT2D eigenvalue weighted by Crippen LogP contribution is -2.50. The van der Waals surface area contributed by atoms with Crippen LogP contribution in [0.3, 0.4) is 0 Å². The molecule has 6 heteroatoms. The molecular formula is C22H26ClFN2O2. The van der Waals surface area contributed by atoms with Crippen LogP contribution in [-0.4, -0.2) is 35.8 Å². The Morgan fingerprint density at radius 1 is 1.11 bits per heavy atom. The summed E-state index contributed by atoms with van der Waals surface area (Å²) < 4.78 is 14.2. The van der Waals surface area contributed by atoms with Gasteiger partial charge in [-0.25, -0.2) is 4.39 Å². The number of carbonyl (C=O) groups excluding carboxylic acids is 2. The van der Waals surface area contributed by atoms with Gasteiger partial charge in [-0.3, -0.25) is 9.59 Å². The summed E-state index contributed by atoms with van der Waals surface area (Å²) in [6.07, 6.45) is 0.890. The van der Waals surface area contributed by atoms with E-state index in [1.807, 2.05) is 44.2 Å². The van der Waals surface area contributed by atoms with E-state index in [4.69, 9.17) is 11.6 Å². The lowest BCUT2D eigenvalue weighted by molar-refractivity contribution is -0.140. The molecule has 0 aromatic heterocycles. The largest absolute Gasteiger partial charge is 0.355 e. The molecule has 2 aromatic rings. The van der Waals surface area contributed by atoms with Crippen LogP contribution in [0.5, 0.6) is 0 Å². The number of hydrogen-bond donors (Lipinski definition) is 1. The summed E-state index contributed by atoms with van der Waals surface area (Å²) in [5.74, 6) is -1.04. The Bertz CT molecular complexity index is 778. The van der Waals surface area contributed by atoms with Gasteiger partial charge >= 0.3 is 0 Å². The molecule has 0 aliphatic rings. The first-order valence-electron chi connectivity index (χ1n) is 9.51. The fourth-order valence-electron chi connectivity index (χ4n) is 3.14. The lowest BCUT2D eigenvalue weighted by Gasteiger charge is -2.30. The fourth-order valence-corrected chi connectivity index (χ4v) is 3.37. The number of benzene rings is 2. The highest BCUT2D eigenvalue weighted by Crippen LogP contribution is 2.21. The van der Waals surface area contributed by atoms with Gasteiger partial charge in [0.1, 0.15) is 11.9 Å². The Morgan fingerprint density at radius 2 is 1.82 bits per heavy atom. The lowest BCUT2D eigenvalue weighted by atomic mass is 10.1. The van der Waals surface area contributed by atoms with E-state index in [1.54, 1.807) is 11.0 Å². The molecule has 0 aliphatic carbocycles. The zero-order chi connectivity index (χ0) is 20.5. The van der Waals surface area contributed by atoms with Crippen LogP contribution in [-0.2, 0) is 22.4 Å². The quantitative estimate of drug-likeness (QED) is 0.686. The van der Waals surface area contributed by atoms with E-state index in [0.717, 1.165) is 5.56 Å². The van der Waals surface area contributed by atoms with Gasteiger partial charge in [0.15, 0.2) is 0 Å². The Labute approximate surface area is 170 Å². The van der Waals surface area contributed by atoms with Crippen molar-refractivity contribution < 1.29 is 14.0 Å². The molecule has 0 bridgehead atoms. The average Bonchev–Trinajstić information content (AvgIpc) is 2.68. The Morgan fingerprint density at radius 3 is 2.43 bits per heavy atom. The third-order valence-electron chi connectivity index (χ3n) is 4.61. The van der Waals surface area contributed by atoms with E-state index in [1.165, 1.54) is 12.1 Å². The van der Waals surface area contributed by atoms with Crippen LogP contribution in [0.2, 0.25) is 5.02 Å².